The van der Waals surface area contributed by atoms with Gasteiger partial charge in [0.1, 0.15) is 6.17 Å². The highest BCUT2D eigenvalue weighted by molar-refractivity contribution is 7.99. The normalized spacial score (nSPS) is 33.2. The molecule has 0 spiro atoms. The Labute approximate surface area is 64.6 Å². The Morgan fingerprint density at radius 3 is 3.10 bits per heavy atom. The highest BCUT2D eigenvalue weighted by Crippen LogP contribution is 2.27. The zero-order valence-electron chi connectivity index (χ0n) is 5.72. The Bertz CT molecular complexity index is 143. The molecule has 0 aromatic rings. The van der Waals surface area contributed by atoms with E-state index < -0.39 is 6.17 Å². The zero-order chi connectivity index (χ0) is 7.40. The molecule has 0 N–H and O–H groups in total. The number of nitrogens with zero attached hydrogens (tertiary/aromatic N) is 1. The molecule has 0 aromatic carbocycles. The van der Waals surface area contributed by atoms with E-state index in [-0.39, 0.29) is 5.92 Å². The largest absolute Gasteiger partial charge is 0.246 e. The number of hydrogen-bond donors (Lipinski definition) is 0. The molecule has 0 amide bonds. The Kier molecular flexibility index (Phi) is 3.01. The van der Waals surface area contributed by atoms with Crippen molar-refractivity contribution >= 4 is 11.8 Å². The monoisotopic (exact) mass is 159 g/mol. The molecule has 1 aliphatic rings. The molecule has 0 aliphatic carbocycles. The van der Waals surface area contributed by atoms with E-state index in [2.05, 4.69) is 0 Å². The van der Waals surface area contributed by atoms with Gasteiger partial charge in [0.25, 0.3) is 0 Å². The average Bonchev–Trinajstić information content (AvgIpc) is 1.94. The van der Waals surface area contributed by atoms with Crippen molar-refractivity contribution in [2.45, 2.75) is 19.0 Å². The van der Waals surface area contributed by atoms with Crippen LogP contribution in [0, 0.1) is 17.2 Å². The highest BCUT2D eigenvalue weighted by atomic mass is 32.2. The Morgan fingerprint density at radius 2 is 2.50 bits per heavy atom. The topological polar surface area (TPSA) is 23.8 Å². The summed E-state index contributed by atoms with van der Waals surface area (Å²) in [5, 5.41) is 8.31. The second kappa shape index (κ2) is 3.82. The quantitative estimate of drug-likeness (QED) is 0.584. The highest BCUT2D eigenvalue weighted by Gasteiger charge is 2.24. The van der Waals surface area contributed by atoms with Gasteiger partial charge in [-0.15, -0.1) is 0 Å². The van der Waals surface area contributed by atoms with Gasteiger partial charge in [0.05, 0.1) is 6.07 Å². The van der Waals surface area contributed by atoms with Crippen molar-refractivity contribution in [2.75, 3.05) is 11.5 Å². The van der Waals surface area contributed by atoms with Gasteiger partial charge in [-0.3, -0.25) is 0 Å². The van der Waals surface area contributed by atoms with Crippen molar-refractivity contribution in [1.82, 2.24) is 0 Å². The molecule has 1 saturated heterocycles. The Morgan fingerprint density at radius 1 is 1.70 bits per heavy atom. The van der Waals surface area contributed by atoms with E-state index in [1.54, 1.807) is 11.8 Å². The molecule has 1 heterocycles. The van der Waals surface area contributed by atoms with Gasteiger partial charge < -0.3 is 0 Å². The summed E-state index contributed by atoms with van der Waals surface area (Å²) in [5.41, 5.74) is 0. The maximum Gasteiger partial charge on any atom is 0.113 e. The Hall–Kier alpha value is -0.230. The first-order valence-corrected chi connectivity index (χ1v) is 4.59. The average molecular weight is 159 g/mol. The lowest BCUT2D eigenvalue weighted by atomic mass is 9.98. The fraction of sp³-hybridized carbons (Fsp3) is 0.857. The number of halogens is 1. The van der Waals surface area contributed by atoms with Gasteiger partial charge in [-0.2, -0.15) is 17.0 Å². The third-order valence-electron chi connectivity index (χ3n) is 1.78. The van der Waals surface area contributed by atoms with Gasteiger partial charge in [0.15, 0.2) is 0 Å². The number of nitriles is 1. The molecule has 0 saturated carbocycles. The molecule has 3 heteroatoms. The van der Waals surface area contributed by atoms with Crippen LogP contribution in [0.2, 0.25) is 0 Å². The van der Waals surface area contributed by atoms with Crippen LogP contribution in [0.15, 0.2) is 0 Å². The summed E-state index contributed by atoms with van der Waals surface area (Å²) in [6, 6.07) is 2.02. The molecule has 0 radical (unpaired) electrons. The third kappa shape index (κ3) is 1.88. The lowest BCUT2D eigenvalue weighted by Gasteiger charge is -2.22. The molecule has 10 heavy (non-hydrogen) atoms. The van der Waals surface area contributed by atoms with Crippen LogP contribution in [-0.4, -0.2) is 17.7 Å². The molecule has 1 nitrogen and oxygen atoms in total. The summed E-state index contributed by atoms with van der Waals surface area (Å²) in [6.07, 6.45) is 0.527. The predicted molar refractivity (Wildman–Crippen MR) is 40.6 cm³/mol. The lowest BCUT2D eigenvalue weighted by molar-refractivity contribution is 0.246. The molecule has 0 aromatic heterocycles. The van der Waals surface area contributed by atoms with Crippen LogP contribution in [0.4, 0.5) is 4.39 Å². The number of hydrogen-bond acceptors (Lipinski definition) is 2. The molecule has 0 bridgehead atoms. The van der Waals surface area contributed by atoms with Crippen LogP contribution in [0.1, 0.15) is 12.8 Å². The summed E-state index contributed by atoms with van der Waals surface area (Å²) >= 11 is 1.65. The standard InChI is InChI=1S/C7H10FNS/c8-7-5-10-4-2-6(7)1-3-9/h6-7H,1-2,4-5H2/t6-,7+/m0/s1. The van der Waals surface area contributed by atoms with E-state index in [9.17, 15) is 4.39 Å². The van der Waals surface area contributed by atoms with Crippen LogP contribution in [0.5, 0.6) is 0 Å². The number of alkyl halides is 1. The van der Waals surface area contributed by atoms with Gasteiger partial charge >= 0.3 is 0 Å². The van der Waals surface area contributed by atoms with Crippen LogP contribution >= 0.6 is 11.8 Å². The molecule has 2 atom stereocenters. The predicted octanol–water partition coefficient (Wildman–Crippen LogP) is 1.99. The second-order valence-electron chi connectivity index (χ2n) is 2.50. The fourth-order valence-corrected chi connectivity index (χ4v) is 2.23. The van der Waals surface area contributed by atoms with Crippen LogP contribution in [0.3, 0.4) is 0 Å². The summed E-state index contributed by atoms with van der Waals surface area (Å²) in [7, 11) is 0. The zero-order valence-corrected chi connectivity index (χ0v) is 6.53. The molecule has 56 valence electrons. The van der Waals surface area contributed by atoms with E-state index >= 15 is 0 Å². The van der Waals surface area contributed by atoms with Gasteiger partial charge in [0.2, 0.25) is 0 Å². The SMILES string of the molecule is N#CC[C@H]1CCSC[C@H]1F. The number of thioether (sulfide) groups is 1. The third-order valence-corrected chi connectivity index (χ3v) is 2.85. The van der Waals surface area contributed by atoms with Crippen molar-refractivity contribution in [3.63, 3.8) is 0 Å². The molecule has 1 aliphatic heterocycles. The summed E-state index contributed by atoms with van der Waals surface area (Å²) in [4.78, 5) is 0. The summed E-state index contributed by atoms with van der Waals surface area (Å²) in [6.45, 7) is 0. The van der Waals surface area contributed by atoms with Crippen LogP contribution in [0.25, 0.3) is 0 Å². The van der Waals surface area contributed by atoms with Gasteiger partial charge in [-0.25, -0.2) is 4.39 Å². The molecule has 1 fully saturated rings. The van der Waals surface area contributed by atoms with Gasteiger partial charge in [-0.1, -0.05) is 0 Å². The first-order valence-electron chi connectivity index (χ1n) is 3.43. The molecular formula is C7H10FNS. The minimum atomic E-state index is -0.738. The maximum absolute atomic E-state index is 12.9. The molecular weight excluding hydrogens is 149 g/mol. The van der Waals surface area contributed by atoms with Crippen LogP contribution < -0.4 is 0 Å². The van der Waals surface area contributed by atoms with E-state index in [1.807, 2.05) is 6.07 Å². The second-order valence-corrected chi connectivity index (χ2v) is 3.65. The minimum absolute atomic E-state index is 0.0197. The lowest BCUT2D eigenvalue weighted by Crippen LogP contribution is -2.23. The molecule has 1 rings (SSSR count). The van der Waals surface area contributed by atoms with E-state index in [1.165, 1.54) is 0 Å². The van der Waals surface area contributed by atoms with E-state index in [0.717, 1.165) is 12.2 Å². The Balaban J connectivity index is 2.34. The van der Waals surface area contributed by atoms with Crippen LogP contribution in [-0.2, 0) is 0 Å². The van der Waals surface area contributed by atoms with Crippen molar-refractivity contribution in [3.8, 4) is 6.07 Å². The molecule has 0 unspecified atom stereocenters. The van der Waals surface area contributed by atoms with Gasteiger partial charge in [-0.05, 0) is 12.2 Å². The van der Waals surface area contributed by atoms with Crippen molar-refractivity contribution in [3.05, 3.63) is 0 Å². The fourth-order valence-electron chi connectivity index (χ4n) is 1.09. The number of rotatable bonds is 1. The minimum Gasteiger partial charge on any atom is -0.246 e. The maximum atomic E-state index is 12.9. The smallest absolute Gasteiger partial charge is 0.113 e. The first kappa shape index (κ1) is 7.87. The summed E-state index contributed by atoms with van der Waals surface area (Å²) in [5.74, 6) is 1.63. The summed E-state index contributed by atoms with van der Waals surface area (Å²) < 4.78 is 12.9. The van der Waals surface area contributed by atoms with Crippen molar-refractivity contribution in [2.24, 2.45) is 5.92 Å². The van der Waals surface area contributed by atoms with Crippen molar-refractivity contribution < 1.29 is 4.39 Å². The first-order chi connectivity index (χ1) is 4.84. The van der Waals surface area contributed by atoms with Gasteiger partial charge in [0, 0.05) is 18.1 Å². The van der Waals surface area contributed by atoms with E-state index in [0.29, 0.717) is 12.2 Å². The van der Waals surface area contributed by atoms with Crippen molar-refractivity contribution in [1.29, 1.82) is 5.26 Å². The van der Waals surface area contributed by atoms with E-state index in [4.69, 9.17) is 5.26 Å².